The van der Waals surface area contributed by atoms with Crippen molar-refractivity contribution in [2.24, 2.45) is 5.16 Å². The molecule has 144 valence electrons. The lowest BCUT2D eigenvalue weighted by atomic mass is 9.78. The van der Waals surface area contributed by atoms with Gasteiger partial charge in [-0.2, -0.15) is 0 Å². The molecule has 3 aromatic carbocycles. The van der Waals surface area contributed by atoms with Crippen molar-refractivity contribution in [1.29, 1.82) is 0 Å². The van der Waals surface area contributed by atoms with Crippen LogP contribution in [0, 0.1) is 0 Å². The first-order valence-corrected chi connectivity index (χ1v) is 9.29. The summed E-state index contributed by atoms with van der Waals surface area (Å²) in [6, 6.07) is 26.1. The zero-order valence-electron chi connectivity index (χ0n) is 16.2. The highest BCUT2D eigenvalue weighted by Gasteiger charge is 2.22. The van der Waals surface area contributed by atoms with Gasteiger partial charge in [-0.25, -0.2) is 0 Å². The molecule has 0 spiro atoms. The van der Waals surface area contributed by atoms with Gasteiger partial charge in [0.2, 0.25) is 0 Å². The summed E-state index contributed by atoms with van der Waals surface area (Å²) in [6.45, 7) is 5.32. The topological polar surface area (TPSA) is 51.0 Å². The van der Waals surface area contributed by atoms with Gasteiger partial charge in [-0.3, -0.25) is 0 Å². The molecule has 0 aromatic heterocycles. The van der Waals surface area contributed by atoms with Crippen molar-refractivity contribution in [3.05, 3.63) is 95.6 Å². The van der Waals surface area contributed by atoms with Crippen molar-refractivity contribution in [1.82, 2.24) is 0 Å². The summed E-state index contributed by atoms with van der Waals surface area (Å²) in [5.74, 6) is 1.53. The van der Waals surface area contributed by atoms with E-state index >= 15 is 0 Å². The molecule has 0 saturated heterocycles. The van der Waals surface area contributed by atoms with Gasteiger partial charge in [0.05, 0.1) is 6.21 Å². The van der Waals surface area contributed by atoms with E-state index in [2.05, 4.69) is 55.4 Å². The molecule has 1 N–H and O–H groups in total. The Morgan fingerprint density at radius 2 is 1.43 bits per heavy atom. The molecule has 0 radical (unpaired) electrons. The smallest absolute Gasteiger partial charge is 0.122 e. The molecule has 4 nitrogen and oxygen atoms in total. The maximum atomic E-state index is 8.59. The molecule has 28 heavy (non-hydrogen) atoms. The van der Waals surface area contributed by atoms with Crippen molar-refractivity contribution < 1.29 is 14.7 Å². The van der Waals surface area contributed by atoms with Gasteiger partial charge in [-0.05, 0) is 41.0 Å². The standard InChI is InChI=1S/C24H25NO3/c1-24(2,20-8-4-3-5-9-20)21-11-13-22(14-12-21)27-15-16-28-23-10-6-7-19(17-23)18-25-26/h3-14,17-18,26H,15-16H2,1-2H3. The first-order valence-electron chi connectivity index (χ1n) is 9.29. The van der Waals surface area contributed by atoms with Crippen LogP contribution in [0.2, 0.25) is 0 Å². The van der Waals surface area contributed by atoms with Crippen LogP contribution in [0.1, 0.15) is 30.5 Å². The van der Waals surface area contributed by atoms with Crippen LogP contribution in [0.25, 0.3) is 0 Å². The number of nitrogens with zero attached hydrogens (tertiary/aromatic N) is 1. The molecular formula is C24H25NO3. The maximum Gasteiger partial charge on any atom is 0.122 e. The van der Waals surface area contributed by atoms with Crippen LogP contribution in [-0.4, -0.2) is 24.6 Å². The van der Waals surface area contributed by atoms with Crippen molar-refractivity contribution in [3.63, 3.8) is 0 Å². The van der Waals surface area contributed by atoms with Gasteiger partial charge >= 0.3 is 0 Å². The number of benzene rings is 3. The summed E-state index contributed by atoms with van der Waals surface area (Å²) in [5.41, 5.74) is 3.24. The summed E-state index contributed by atoms with van der Waals surface area (Å²) in [7, 11) is 0. The van der Waals surface area contributed by atoms with Gasteiger partial charge in [0.15, 0.2) is 0 Å². The summed E-state index contributed by atoms with van der Waals surface area (Å²) < 4.78 is 11.5. The van der Waals surface area contributed by atoms with Crippen molar-refractivity contribution in [3.8, 4) is 11.5 Å². The Morgan fingerprint density at radius 1 is 0.786 bits per heavy atom. The highest BCUT2D eigenvalue weighted by Crippen LogP contribution is 2.32. The van der Waals surface area contributed by atoms with E-state index in [-0.39, 0.29) is 5.41 Å². The Bertz CT molecular complexity index is 903. The molecule has 0 fully saturated rings. The average Bonchev–Trinajstić information content (AvgIpc) is 2.73. The van der Waals surface area contributed by atoms with E-state index < -0.39 is 0 Å². The third-order valence-corrected chi connectivity index (χ3v) is 4.76. The lowest BCUT2D eigenvalue weighted by molar-refractivity contribution is 0.217. The summed E-state index contributed by atoms with van der Waals surface area (Å²) in [6.07, 6.45) is 1.36. The highest BCUT2D eigenvalue weighted by molar-refractivity contribution is 5.79. The van der Waals surface area contributed by atoms with Gasteiger partial charge < -0.3 is 14.7 Å². The van der Waals surface area contributed by atoms with Crippen LogP contribution >= 0.6 is 0 Å². The Labute approximate surface area is 166 Å². The molecule has 0 heterocycles. The van der Waals surface area contributed by atoms with E-state index in [1.54, 1.807) is 6.07 Å². The third-order valence-electron chi connectivity index (χ3n) is 4.76. The Hall–Kier alpha value is -3.27. The SMILES string of the molecule is CC(C)(c1ccccc1)c1ccc(OCCOc2cccc(C=NO)c2)cc1. The van der Waals surface area contributed by atoms with Gasteiger partial charge in [0.1, 0.15) is 24.7 Å². The van der Waals surface area contributed by atoms with E-state index in [0.717, 1.165) is 11.3 Å². The molecule has 0 saturated carbocycles. The van der Waals surface area contributed by atoms with Crippen molar-refractivity contribution >= 4 is 6.21 Å². The van der Waals surface area contributed by atoms with Crippen LogP contribution in [0.4, 0.5) is 0 Å². The second-order valence-corrected chi connectivity index (χ2v) is 7.03. The van der Waals surface area contributed by atoms with E-state index in [4.69, 9.17) is 14.7 Å². The molecule has 0 bridgehead atoms. The van der Waals surface area contributed by atoms with Crippen molar-refractivity contribution in [2.75, 3.05) is 13.2 Å². The second-order valence-electron chi connectivity index (χ2n) is 7.03. The fourth-order valence-electron chi connectivity index (χ4n) is 3.06. The minimum absolute atomic E-state index is 0.0637. The first-order chi connectivity index (χ1) is 13.6. The summed E-state index contributed by atoms with van der Waals surface area (Å²) in [5, 5.41) is 11.6. The monoisotopic (exact) mass is 375 g/mol. The molecule has 0 atom stereocenters. The number of rotatable bonds is 8. The zero-order chi connectivity index (χ0) is 19.8. The lowest BCUT2D eigenvalue weighted by Gasteiger charge is -2.26. The minimum atomic E-state index is -0.0637. The van der Waals surface area contributed by atoms with Crippen LogP contribution in [0.15, 0.2) is 84.0 Å². The van der Waals surface area contributed by atoms with Gasteiger partial charge in [-0.15, -0.1) is 0 Å². The Kier molecular flexibility index (Phi) is 6.33. The first kappa shape index (κ1) is 19.5. The second kappa shape index (κ2) is 9.09. The molecule has 0 aliphatic heterocycles. The van der Waals surface area contributed by atoms with Crippen LogP contribution in [0.5, 0.6) is 11.5 Å². The number of oxime groups is 1. The molecule has 4 heteroatoms. The van der Waals surface area contributed by atoms with E-state index in [9.17, 15) is 0 Å². The molecule has 3 rings (SSSR count). The fraction of sp³-hybridized carbons (Fsp3) is 0.208. The number of hydrogen-bond donors (Lipinski definition) is 1. The van der Waals surface area contributed by atoms with Crippen LogP contribution in [0.3, 0.4) is 0 Å². The molecule has 0 aliphatic rings. The highest BCUT2D eigenvalue weighted by atomic mass is 16.5. The predicted molar refractivity (Wildman–Crippen MR) is 112 cm³/mol. The van der Waals surface area contributed by atoms with Crippen LogP contribution < -0.4 is 9.47 Å². The Morgan fingerprint density at radius 3 is 2.11 bits per heavy atom. The minimum Gasteiger partial charge on any atom is -0.490 e. The molecule has 0 amide bonds. The summed E-state index contributed by atoms with van der Waals surface area (Å²) in [4.78, 5) is 0. The lowest BCUT2D eigenvalue weighted by Crippen LogP contribution is -2.18. The molecule has 3 aromatic rings. The van der Waals surface area contributed by atoms with Gasteiger partial charge in [-0.1, -0.05) is 73.6 Å². The van der Waals surface area contributed by atoms with Gasteiger partial charge in [0, 0.05) is 5.41 Å². The molecule has 0 unspecified atom stereocenters. The van der Waals surface area contributed by atoms with Crippen LogP contribution in [-0.2, 0) is 5.41 Å². The maximum absolute atomic E-state index is 8.59. The summed E-state index contributed by atoms with van der Waals surface area (Å²) >= 11 is 0. The Balaban J connectivity index is 1.53. The van der Waals surface area contributed by atoms with Gasteiger partial charge in [0.25, 0.3) is 0 Å². The van der Waals surface area contributed by atoms with E-state index in [1.807, 2.05) is 36.4 Å². The quantitative estimate of drug-likeness (QED) is 0.252. The number of hydrogen-bond acceptors (Lipinski definition) is 4. The number of ether oxygens (including phenoxy) is 2. The normalized spacial score (nSPS) is 11.5. The largest absolute Gasteiger partial charge is 0.490 e. The molecule has 0 aliphatic carbocycles. The zero-order valence-corrected chi connectivity index (χ0v) is 16.2. The fourth-order valence-corrected chi connectivity index (χ4v) is 3.06. The third kappa shape index (κ3) is 4.92. The molecular weight excluding hydrogens is 350 g/mol. The van der Waals surface area contributed by atoms with E-state index in [0.29, 0.717) is 19.0 Å². The average molecular weight is 375 g/mol. The van der Waals surface area contributed by atoms with Crippen molar-refractivity contribution in [2.45, 2.75) is 19.3 Å². The van der Waals surface area contributed by atoms with E-state index in [1.165, 1.54) is 17.3 Å². The predicted octanol–water partition coefficient (Wildman–Crippen LogP) is 5.28.